The number of carbonyl (C=O) groups excluding carboxylic acids is 1. The van der Waals surface area contributed by atoms with Crippen molar-refractivity contribution in [2.24, 2.45) is 0 Å². The van der Waals surface area contributed by atoms with Crippen molar-refractivity contribution in [3.8, 4) is 0 Å². The molecule has 1 N–H and O–H groups in total. The molecule has 0 atom stereocenters. The van der Waals surface area contributed by atoms with Gasteiger partial charge in [-0.1, -0.05) is 60.7 Å². The standard InChI is InChI=1S/C17H20N2O/c1-2-19(14-16-11-7-4-8-12-16)17(20)18-13-15-9-5-3-6-10-15/h3-12H,2,13-14H2,1H3,(H,18,20). The lowest BCUT2D eigenvalue weighted by Gasteiger charge is -2.21. The summed E-state index contributed by atoms with van der Waals surface area (Å²) < 4.78 is 0. The van der Waals surface area contributed by atoms with E-state index in [1.807, 2.05) is 67.6 Å². The first-order valence-electron chi connectivity index (χ1n) is 6.90. The van der Waals surface area contributed by atoms with Crippen molar-refractivity contribution in [2.45, 2.75) is 20.0 Å². The number of urea groups is 1. The number of carbonyl (C=O) groups is 1. The van der Waals surface area contributed by atoms with Crippen molar-refractivity contribution in [1.82, 2.24) is 10.2 Å². The Bertz CT molecular complexity index is 525. The summed E-state index contributed by atoms with van der Waals surface area (Å²) >= 11 is 0. The Morgan fingerprint density at radius 3 is 2.05 bits per heavy atom. The van der Waals surface area contributed by atoms with Crippen LogP contribution in [0.2, 0.25) is 0 Å². The van der Waals surface area contributed by atoms with Crippen LogP contribution in [0.15, 0.2) is 60.7 Å². The maximum absolute atomic E-state index is 12.2. The van der Waals surface area contributed by atoms with E-state index < -0.39 is 0 Å². The zero-order valence-electron chi connectivity index (χ0n) is 11.8. The van der Waals surface area contributed by atoms with Crippen molar-refractivity contribution in [1.29, 1.82) is 0 Å². The van der Waals surface area contributed by atoms with E-state index in [0.29, 0.717) is 19.6 Å². The molecule has 2 aromatic rings. The van der Waals surface area contributed by atoms with Crippen LogP contribution >= 0.6 is 0 Å². The smallest absolute Gasteiger partial charge is 0.317 e. The monoisotopic (exact) mass is 268 g/mol. The van der Waals surface area contributed by atoms with Gasteiger partial charge in [-0.25, -0.2) is 4.79 Å². The van der Waals surface area contributed by atoms with Crippen LogP contribution in [0.4, 0.5) is 4.79 Å². The lowest BCUT2D eigenvalue weighted by atomic mass is 10.2. The van der Waals surface area contributed by atoms with Gasteiger partial charge in [0.1, 0.15) is 0 Å². The summed E-state index contributed by atoms with van der Waals surface area (Å²) in [5.41, 5.74) is 2.25. The van der Waals surface area contributed by atoms with Gasteiger partial charge in [0.15, 0.2) is 0 Å². The lowest BCUT2D eigenvalue weighted by molar-refractivity contribution is 0.197. The Morgan fingerprint density at radius 2 is 1.50 bits per heavy atom. The summed E-state index contributed by atoms with van der Waals surface area (Å²) in [6.07, 6.45) is 0. The topological polar surface area (TPSA) is 32.3 Å². The number of hydrogen-bond acceptors (Lipinski definition) is 1. The normalized spacial score (nSPS) is 10.1. The lowest BCUT2D eigenvalue weighted by Crippen LogP contribution is -2.39. The second-order valence-electron chi connectivity index (χ2n) is 4.64. The van der Waals surface area contributed by atoms with Crippen molar-refractivity contribution in [3.05, 3.63) is 71.8 Å². The van der Waals surface area contributed by atoms with Gasteiger partial charge in [0.05, 0.1) is 0 Å². The molecule has 0 aromatic heterocycles. The number of amides is 2. The van der Waals surface area contributed by atoms with E-state index in [0.717, 1.165) is 11.1 Å². The molecular weight excluding hydrogens is 248 g/mol. The number of nitrogens with one attached hydrogen (secondary N) is 1. The van der Waals surface area contributed by atoms with Crippen molar-refractivity contribution < 1.29 is 4.79 Å². The molecule has 0 aliphatic carbocycles. The Morgan fingerprint density at radius 1 is 0.950 bits per heavy atom. The third-order valence-electron chi connectivity index (χ3n) is 3.17. The van der Waals surface area contributed by atoms with Crippen LogP contribution in [-0.4, -0.2) is 17.5 Å². The van der Waals surface area contributed by atoms with Crippen LogP contribution in [0.25, 0.3) is 0 Å². The molecule has 0 aliphatic heterocycles. The molecule has 0 aliphatic rings. The Labute approximate surface area is 120 Å². The summed E-state index contributed by atoms with van der Waals surface area (Å²) in [7, 11) is 0. The molecule has 0 spiro atoms. The molecule has 0 heterocycles. The highest BCUT2D eigenvalue weighted by Crippen LogP contribution is 2.05. The molecule has 0 saturated heterocycles. The maximum atomic E-state index is 12.2. The zero-order valence-corrected chi connectivity index (χ0v) is 11.8. The van der Waals surface area contributed by atoms with Gasteiger partial charge in [0.25, 0.3) is 0 Å². The van der Waals surface area contributed by atoms with E-state index in [4.69, 9.17) is 0 Å². The molecule has 0 radical (unpaired) electrons. The van der Waals surface area contributed by atoms with Crippen LogP contribution in [0.1, 0.15) is 18.1 Å². The van der Waals surface area contributed by atoms with Crippen LogP contribution in [0.3, 0.4) is 0 Å². The molecule has 3 nitrogen and oxygen atoms in total. The van der Waals surface area contributed by atoms with E-state index in [2.05, 4.69) is 5.32 Å². The number of rotatable bonds is 5. The molecule has 0 bridgehead atoms. The Balaban J connectivity index is 1.89. The van der Waals surface area contributed by atoms with Gasteiger partial charge >= 0.3 is 6.03 Å². The van der Waals surface area contributed by atoms with E-state index in [1.165, 1.54) is 0 Å². The molecule has 2 aromatic carbocycles. The molecule has 2 rings (SSSR count). The van der Waals surface area contributed by atoms with Gasteiger partial charge in [-0.3, -0.25) is 0 Å². The fraction of sp³-hybridized carbons (Fsp3) is 0.235. The summed E-state index contributed by atoms with van der Waals surface area (Å²) in [4.78, 5) is 14.0. The first-order chi connectivity index (χ1) is 9.79. The minimum Gasteiger partial charge on any atom is -0.334 e. The molecule has 0 saturated carbocycles. The second kappa shape index (κ2) is 7.34. The van der Waals surface area contributed by atoms with Gasteiger partial charge in [-0.2, -0.15) is 0 Å². The Kier molecular flexibility index (Phi) is 5.18. The fourth-order valence-corrected chi connectivity index (χ4v) is 2.02. The van der Waals surface area contributed by atoms with Crippen LogP contribution in [0.5, 0.6) is 0 Å². The van der Waals surface area contributed by atoms with Crippen LogP contribution in [0, 0.1) is 0 Å². The van der Waals surface area contributed by atoms with Crippen molar-refractivity contribution >= 4 is 6.03 Å². The van der Waals surface area contributed by atoms with Crippen LogP contribution < -0.4 is 5.32 Å². The molecule has 2 amide bonds. The molecule has 3 heteroatoms. The minimum atomic E-state index is -0.0276. The van der Waals surface area contributed by atoms with E-state index in [-0.39, 0.29) is 6.03 Å². The third kappa shape index (κ3) is 4.12. The predicted octanol–water partition coefficient (Wildman–Crippen LogP) is 3.42. The fourth-order valence-electron chi connectivity index (χ4n) is 2.02. The highest BCUT2D eigenvalue weighted by atomic mass is 16.2. The molecule has 104 valence electrons. The minimum absolute atomic E-state index is 0.0276. The van der Waals surface area contributed by atoms with Gasteiger partial charge in [0, 0.05) is 19.6 Å². The largest absolute Gasteiger partial charge is 0.334 e. The molecule has 20 heavy (non-hydrogen) atoms. The average molecular weight is 268 g/mol. The molecular formula is C17H20N2O. The van der Waals surface area contributed by atoms with E-state index in [9.17, 15) is 4.79 Å². The summed E-state index contributed by atoms with van der Waals surface area (Å²) in [5.74, 6) is 0. The quantitative estimate of drug-likeness (QED) is 0.885. The molecule has 0 fully saturated rings. The highest BCUT2D eigenvalue weighted by molar-refractivity contribution is 5.74. The van der Waals surface area contributed by atoms with Crippen molar-refractivity contribution in [3.63, 3.8) is 0 Å². The third-order valence-corrected chi connectivity index (χ3v) is 3.17. The van der Waals surface area contributed by atoms with Gasteiger partial charge in [0.2, 0.25) is 0 Å². The Hall–Kier alpha value is -2.29. The van der Waals surface area contributed by atoms with Crippen molar-refractivity contribution in [2.75, 3.05) is 6.54 Å². The average Bonchev–Trinajstić information content (AvgIpc) is 2.52. The summed E-state index contributed by atoms with van der Waals surface area (Å²) in [5, 5.41) is 2.96. The maximum Gasteiger partial charge on any atom is 0.317 e. The number of benzene rings is 2. The first-order valence-corrected chi connectivity index (χ1v) is 6.90. The summed E-state index contributed by atoms with van der Waals surface area (Å²) in [6.45, 7) is 3.88. The first kappa shape index (κ1) is 14.1. The number of nitrogens with zero attached hydrogens (tertiary/aromatic N) is 1. The van der Waals surface area contributed by atoms with Gasteiger partial charge in [-0.05, 0) is 18.1 Å². The SMILES string of the molecule is CCN(Cc1ccccc1)C(=O)NCc1ccccc1. The predicted molar refractivity (Wildman–Crippen MR) is 81.2 cm³/mol. The van der Waals surface area contributed by atoms with E-state index >= 15 is 0 Å². The zero-order chi connectivity index (χ0) is 14.2. The van der Waals surface area contributed by atoms with Crippen LogP contribution in [-0.2, 0) is 13.1 Å². The van der Waals surface area contributed by atoms with Gasteiger partial charge < -0.3 is 10.2 Å². The highest BCUT2D eigenvalue weighted by Gasteiger charge is 2.11. The second-order valence-corrected chi connectivity index (χ2v) is 4.64. The van der Waals surface area contributed by atoms with E-state index in [1.54, 1.807) is 4.90 Å². The summed E-state index contributed by atoms with van der Waals surface area (Å²) in [6, 6.07) is 19.9. The number of hydrogen-bond donors (Lipinski definition) is 1. The van der Waals surface area contributed by atoms with Gasteiger partial charge in [-0.15, -0.1) is 0 Å². The molecule has 0 unspecified atom stereocenters.